The number of unbranched alkanes of at least 4 members (excludes halogenated alkanes) is 5. The van der Waals surface area contributed by atoms with Crippen LogP contribution in [0.3, 0.4) is 0 Å². The molecule has 0 spiro atoms. The van der Waals surface area contributed by atoms with E-state index in [9.17, 15) is 78.6 Å². The van der Waals surface area contributed by atoms with Crippen molar-refractivity contribution in [3.8, 4) is 0 Å². The molecule has 0 saturated carbocycles. The van der Waals surface area contributed by atoms with Gasteiger partial charge in [-0.3, -0.25) is 48.1 Å². The number of nitrogens with one attached hydrogen (secondary N) is 8. The maximum Gasteiger partial charge on any atom is 0.313 e. The number of likely N-dealkylation sites (N-methyl/N-ethyl adjacent to an activating group) is 3. The minimum atomic E-state index is -4.01. The van der Waals surface area contributed by atoms with E-state index < -0.39 is 192 Å². The lowest BCUT2D eigenvalue weighted by molar-refractivity contribution is -0.144. The summed E-state index contributed by atoms with van der Waals surface area (Å²) in [5.41, 5.74) is 7.71. The highest BCUT2D eigenvalue weighted by Crippen LogP contribution is 2.20. The molecule has 0 fully saturated rings. The highest BCUT2D eigenvalue weighted by molar-refractivity contribution is 7.91. The van der Waals surface area contributed by atoms with Gasteiger partial charge < -0.3 is 68.3 Å². The fourth-order valence-electron chi connectivity index (χ4n) is 11.2. The number of aliphatic hydroxyl groups excluding tert-OH is 2. The molecule has 12 N–H and O–H groups in total. The summed E-state index contributed by atoms with van der Waals surface area (Å²) in [6.45, 7) is 2.32. The largest absolute Gasteiger partial charge is 0.394 e. The van der Waals surface area contributed by atoms with Crippen LogP contribution in [0.25, 0.3) is 0 Å². The monoisotopic (exact) mass is 1610 g/mol. The van der Waals surface area contributed by atoms with Crippen molar-refractivity contribution in [2.24, 2.45) is 5.73 Å². The third kappa shape index (κ3) is 34.0. The third-order valence-corrected chi connectivity index (χ3v) is 20.9. The first kappa shape index (κ1) is 91.4. The lowest BCUT2D eigenvalue weighted by Crippen LogP contribution is -2.64. The lowest BCUT2D eigenvalue weighted by Gasteiger charge is -2.33. The molecule has 0 aromatic heterocycles. The van der Waals surface area contributed by atoms with Crippen molar-refractivity contribution in [3.63, 3.8) is 0 Å². The van der Waals surface area contributed by atoms with Crippen LogP contribution in [0.2, 0.25) is 15.1 Å². The number of sulfone groups is 3. The summed E-state index contributed by atoms with van der Waals surface area (Å²) in [5.74, 6) is -12.5. The van der Waals surface area contributed by atoms with E-state index in [0.717, 1.165) is 66.9 Å². The Morgan fingerprint density at radius 3 is 1.52 bits per heavy atom. The number of rotatable bonds is 46. The Morgan fingerprint density at radius 1 is 0.467 bits per heavy atom. The van der Waals surface area contributed by atoms with E-state index in [-0.39, 0.29) is 30.8 Å². The second-order valence-electron chi connectivity index (χ2n) is 26.6. The van der Waals surface area contributed by atoms with E-state index >= 15 is 4.79 Å². The fraction of sp³-hybridized carbons (Fsp3) is 0.521. The smallest absolute Gasteiger partial charge is 0.313 e. The predicted octanol–water partition coefficient (Wildman–Crippen LogP) is 1.56. The lowest BCUT2D eigenvalue weighted by atomic mass is 10.0. The molecule has 11 amide bonds. The van der Waals surface area contributed by atoms with Crippen molar-refractivity contribution >= 4 is 124 Å². The molecule has 0 aliphatic heterocycles. The Morgan fingerprint density at radius 2 is 0.953 bits per heavy atom. The van der Waals surface area contributed by atoms with E-state index in [1.807, 2.05) is 13.0 Å². The molecule has 0 aliphatic carbocycles. The number of aliphatic hydroxyl groups is 2. The van der Waals surface area contributed by atoms with Gasteiger partial charge in [0.15, 0.2) is 6.04 Å². The highest BCUT2D eigenvalue weighted by atomic mass is 35.5. The normalized spacial score (nSPS) is 14.5. The van der Waals surface area contributed by atoms with Crippen LogP contribution < -0.4 is 48.3 Å². The molecule has 4 unspecified atom stereocenters. The molecule has 4 aromatic rings. The van der Waals surface area contributed by atoms with Gasteiger partial charge in [0, 0.05) is 80.3 Å². The predicted molar refractivity (Wildman–Crippen MR) is 408 cm³/mol. The highest BCUT2D eigenvalue weighted by Gasteiger charge is 2.40. The molecule has 4 aromatic carbocycles. The number of hydrogen-bond donors (Lipinski definition) is 11. The van der Waals surface area contributed by atoms with E-state index in [1.54, 1.807) is 96.9 Å². The molecule has 0 bridgehead atoms. The van der Waals surface area contributed by atoms with E-state index in [0.29, 0.717) is 52.5 Å². The van der Waals surface area contributed by atoms with Crippen molar-refractivity contribution in [2.75, 3.05) is 76.9 Å². The van der Waals surface area contributed by atoms with Crippen LogP contribution in [0, 0.1) is 0 Å². The molecule has 0 radical (unpaired) electrons. The van der Waals surface area contributed by atoms with E-state index in [4.69, 9.17) is 40.5 Å². The molecular weight excluding hydrogens is 1510 g/mol. The number of halogens is 3. The molecule has 0 saturated heterocycles. The summed E-state index contributed by atoms with van der Waals surface area (Å²) in [5, 5.41) is 42.5. The van der Waals surface area contributed by atoms with Crippen molar-refractivity contribution in [1.29, 1.82) is 0 Å². The number of hydrogen-bond acceptors (Lipinski definition) is 19. The van der Waals surface area contributed by atoms with Crippen molar-refractivity contribution in [3.05, 3.63) is 140 Å². The second kappa shape index (κ2) is 44.5. The molecule has 10 atom stereocenters. The summed E-state index contributed by atoms with van der Waals surface area (Å²) >= 11 is 18.9. The fourth-order valence-corrected chi connectivity index (χ4v) is 13.7. The zero-order chi connectivity index (χ0) is 79.9. The number of benzene rings is 4. The van der Waals surface area contributed by atoms with Crippen LogP contribution in [0.15, 0.2) is 103 Å². The van der Waals surface area contributed by atoms with E-state index in [2.05, 4.69) is 42.5 Å². The Balaban J connectivity index is 1.73. The zero-order valence-corrected chi connectivity index (χ0v) is 65.9. The van der Waals surface area contributed by atoms with Gasteiger partial charge in [-0.05, 0) is 105 Å². The maximum atomic E-state index is 15.0. The van der Waals surface area contributed by atoms with Gasteiger partial charge in [0.25, 0.3) is 11.8 Å². The zero-order valence-electron chi connectivity index (χ0n) is 61.2. The number of primary amides is 1. The molecule has 4 rings (SSSR count). The van der Waals surface area contributed by atoms with Crippen LogP contribution >= 0.6 is 34.8 Å². The number of carbonyl (C=O) groups excluding carboxylic acids is 10. The molecule has 30 nitrogen and oxygen atoms in total. The topological polar surface area (TPSA) is 446 Å². The summed E-state index contributed by atoms with van der Waals surface area (Å²) in [7, 11) is -7.47. The van der Waals surface area contributed by atoms with Crippen LogP contribution in [0.4, 0.5) is 4.79 Å². The van der Waals surface area contributed by atoms with Gasteiger partial charge in [0.1, 0.15) is 71.9 Å². The van der Waals surface area contributed by atoms with Gasteiger partial charge in [0.05, 0.1) is 36.0 Å². The van der Waals surface area contributed by atoms with Gasteiger partial charge in [-0.1, -0.05) is 141 Å². The molecule has 592 valence electrons. The first-order chi connectivity index (χ1) is 50.2. The minimum absolute atomic E-state index is 0.0332. The number of carbonyl (C=O) groups is 10. The van der Waals surface area contributed by atoms with Crippen molar-refractivity contribution in [2.45, 2.75) is 158 Å². The summed E-state index contributed by atoms with van der Waals surface area (Å²) in [6.07, 6.45) is 2.25. The third-order valence-electron chi connectivity index (χ3n) is 17.3. The molecular formula is C71H101Cl3N12O18S3. The number of amides is 11. The molecule has 107 heavy (non-hydrogen) atoms. The Labute approximate surface area is 641 Å². The van der Waals surface area contributed by atoms with Gasteiger partial charge in [0.2, 0.25) is 41.4 Å². The minimum Gasteiger partial charge on any atom is -0.394 e. The van der Waals surface area contributed by atoms with Gasteiger partial charge in [-0.2, -0.15) is 0 Å². The molecule has 0 heterocycles. The first-order valence-corrected chi connectivity index (χ1v) is 42.0. The maximum absolute atomic E-state index is 15.0. The van der Waals surface area contributed by atoms with Crippen LogP contribution in [-0.2, 0) is 98.3 Å². The average molecular weight is 1610 g/mol. The van der Waals surface area contributed by atoms with Gasteiger partial charge in [-0.25, -0.2) is 30.0 Å². The quantitative estimate of drug-likeness (QED) is 0.0170. The SMILES string of the molecule is CCCCCCCCN(C)C(=O)[C@@H](NC(=O)[C@H](Cc1cccc(Cl)c1)NC(=O)C(NC(=O)[C@H](Cc1ccc(Cl)cc1)N(C)CCc1cccc(Cl)c1)[C@@H](C)O)C(=O)NC(CO)C(=O)N[C@@H](CCS(C)(=O)=O)C(=O)N[C@@H](CCS(C)(=O)=O)C(=O)N(C)C(Cc1ccccc1)C(=O)NC(CCS(C)(=O)=O)NC(N)=O. The van der Waals surface area contributed by atoms with Crippen LogP contribution in [-0.4, -0.2) is 247 Å². The van der Waals surface area contributed by atoms with Gasteiger partial charge in [-0.15, -0.1) is 0 Å². The van der Waals surface area contributed by atoms with E-state index in [1.165, 1.54) is 26.1 Å². The average Bonchev–Trinajstić information content (AvgIpc) is 0.832. The van der Waals surface area contributed by atoms with Crippen LogP contribution in [0.5, 0.6) is 0 Å². The van der Waals surface area contributed by atoms with Crippen molar-refractivity contribution < 1.29 is 83.4 Å². The molecule has 36 heteroatoms. The van der Waals surface area contributed by atoms with Crippen molar-refractivity contribution in [1.82, 2.24) is 57.2 Å². The first-order valence-electron chi connectivity index (χ1n) is 34.7. The number of urea groups is 1. The number of nitrogens with two attached hydrogens (primary N) is 1. The van der Waals surface area contributed by atoms with Crippen LogP contribution in [0.1, 0.15) is 93.9 Å². The Hall–Kier alpha value is -8.02. The number of nitrogens with zero attached hydrogens (tertiary/aromatic N) is 3. The summed E-state index contributed by atoms with van der Waals surface area (Å²) in [4.78, 5) is 148. The molecule has 0 aliphatic rings. The summed E-state index contributed by atoms with van der Waals surface area (Å²) in [6, 6.07) is 12.6. The summed E-state index contributed by atoms with van der Waals surface area (Å²) < 4.78 is 75.2. The Kier molecular flexibility index (Phi) is 38.0. The Bertz CT molecular complexity index is 4020. The standard InChI is InChI=1S/C71H101Cl3N12O18S3/c1-9-10-11-12-13-17-34-85(4)70(97)61(83-63(90)55(41-49-23-19-25-52(74)40-49)78-67(94)60(45(2)88)82-65(92)57(42-48-26-28-50(72)29-27-48)84(3)35-30-47-22-18-24-51(73)39-47)68(95)79-56(44-87)64(91)76-53(31-36-105(6,99)100)62(89)77-54(32-37-106(7,101)102)69(96)86(5)58(43-46-20-15-14-16-21-46)66(93)80-59(81-71(75)98)33-38-107(8,103)104/h14-16,18-29,39-40,45,53-61,87-88H,9-13,17,30-38,41-44H2,1-8H3,(H,76,91)(H,77,89)(H,78,94)(H,79,95)(H,80,93)(H,82,92)(H,83,90)(H3,75,81,98)/t45-,53+,54+,55+,56?,57+,58?,59?,60?,61+/m1/s1. The second-order valence-corrected chi connectivity index (χ2v) is 34.7. The van der Waals surface area contributed by atoms with Gasteiger partial charge >= 0.3 is 6.03 Å².